The van der Waals surface area contributed by atoms with E-state index in [1.54, 1.807) is 36.0 Å². The van der Waals surface area contributed by atoms with Crippen molar-refractivity contribution in [3.63, 3.8) is 0 Å². The van der Waals surface area contributed by atoms with Crippen LogP contribution in [0.15, 0.2) is 54.6 Å². The molecule has 0 heterocycles. The Morgan fingerprint density at radius 2 is 1.61 bits per heavy atom. The van der Waals surface area contributed by atoms with Crippen LogP contribution in [-0.2, 0) is 4.79 Å². The maximum absolute atomic E-state index is 12.6. The smallest absolute Gasteiger partial charge is 0.251 e. The maximum atomic E-state index is 12.6. The number of hydrogen-bond donors (Lipinski definition) is 2. The van der Waals surface area contributed by atoms with Crippen molar-refractivity contribution in [3.05, 3.63) is 60.2 Å². The second-order valence-electron chi connectivity index (χ2n) is 6.99. The van der Waals surface area contributed by atoms with Crippen LogP contribution in [-0.4, -0.2) is 49.6 Å². The van der Waals surface area contributed by atoms with Gasteiger partial charge in [-0.05, 0) is 61.2 Å². The van der Waals surface area contributed by atoms with Gasteiger partial charge in [-0.15, -0.1) is 0 Å². The van der Waals surface area contributed by atoms with Gasteiger partial charge in [-0.2, -0.15) is 11.8 Å². The predicted molar refractivity (Wildman–Crippen MR) is 126 cm³/mol. The average Bonchev–Trinajstić information content (AvgIpc) is 2.81. The maximum Gasteiger partial charge on any atom is 0.251 e. The standard InChI is InChI=1S/C24H32N2O4S/c1-3-4-16-29-20-10-12-21(13-11-20)30-17-15-25-24(28)22(14-18-31-2)26-23(27)19-8-6-5-7-9-19/h5-13,22H,3-4,14-18H2,1-2H3,(H,25,28)(H,26,27). The number of amides is 2. The van der Waals surface area contributed by atoms with E-state index in [4.69, 9.17) is 9.47 Å². The summed E-state index contributed by atoms with van der Waals surface area (Å²) < 4.78 is 11.3. The minimum Gasteiger partial charge on any atom is -0.494 e. The van der Waals surface area contributed by atoms with Crippen LogP contribution in [0.4, 0.5) is 0 Å². The highest BCUT2D eigenvalue weighted by Gasteiger charge is 2.20. The van der Waals surface area contributed by atoms with Gasteiger partial charge in [0.15, 0.2) is 0 Å². The number of hydrogen-bond acceptors (Lipinski definition) is 5. The molecule has 2 rings (SSSR count). The summed E-state index contributed by atoms with van der Waals surface area (Å²) in [5.41, 5.74) is 0.537. The summed E-state index contributed by atoms with van der Waals surface area (Å²) in [6.07, 6.45) is 4.66. The number of carbonyl (C=O) groups excluding carboxylic acids is 2. The zero-order chi connectivity index (χ0) is 22.3. The van der Waals surface area contributed by atoms with Gasteiger partial charge < -0.3 is 20.1 Å². The summed E-state index contributed by atoms with van der Waals surface area (Å²) >= 11 is 1.64. The van der Waals surface area contributed by atoms with E-state index in [1.807, 2.05) is 36.6 Å². The molecule has 0 aliphatic rings. The molecule has 0 fully saturated rings. The number of benzene rings is 2. The van der Waals surface area contributed by atoms with Crippen molar-refractivity contribution in [2.45, 2.75) is 32.2 Å². The number of ether oxygens (including phenoxy) is 2. The Morgan fingerprint density at radius 1 is 0.968 bits per heavy atom. The minimum atomic E-state index is -0.584. The Morgan fingerprint density at radius 3 is 2.23 bits per heavy atom. The lowest BCUT2D eigenvalue weighted by Gasteiger charge is -2.18. The van der Waals surface area contributed by atoms with Crippen LogP contribution in [0.2, 0.25) is 0 Å². The lowest BCUT2D eigenvalue weighted by molar-refractivity contribution is -0.123. The normalized spacial score (nSPS) is 11.4. The van der Waals surface area contributed by atoms with Crippen molar-refractivity contribution < 1.29 is 19.1 Å². The molecular weight excluding hydrogens is 412 g/mol. The largest absolute Gasteiger partial charge is 0.494 e. The number of nitrogens with one attached hydrogen (secondary N) is 2. The first-order valence-corrected chi connectivity index (χ1v) is 12.0. The Hall–Kier alpha value is -2.67. The fourth-order valence-electron chi connectivity index (χ4n) is 2.77. The lowest BCUT2D eigenvalue weighted by atomic mass is 10.1. The summed E-state index contributed by atoms with van der Waals surface area (Å²) in [7, 11) is 0. The van der Waals surface area contributed by atoms with Crippen molar-refractivity contribution in [1.29, 1.82) is 0 Å². The molecule has 31 heavy (non-hydrogen) atoms. The molecule has 0 aliphatic heterocycles. The topological polar surface area (TPSA) is 76.7 Å². The van der Waals surface area contributed by atoms with Crippen LogP contribution in [0.5, 0.6) is 11.5 Å². The van der Waals surface area contributed by atoms with Crippen LogP contribution in [0, 0.1) is 0 Å². The molecule has 6 nitrogen and oxygen atoms in total. The molecule has 0 bridgehead atoms. The number of thioether (sulfide) groups is 1. The Balaban J connectivity index is 1.76. The van der Waals surface area contributed by atoms with Gasteiger partial charge >= 0.3 is 0 Å². The van der Waals surface area contributed by atoms with E-state index in [9.17, 15) is 9.59 Å². The minimum absolute atomic E-state index is 0.207. The van der Waals surface area contributed by atoms with E-state index in [0.717, 1.165) is 24.3 Å². The summed E-state index contributed by atoms with van der Waals surface area (Å²) in [6.45, 7) is 3.52. The van der Waals surface area contributed by atoms with Gasteiger partial charge in [0.05, 0.1) is 13.2 Å². The predicted octanol–water partition coefficient (Wildman–Crippen LogP) is 3.91. The second kappa shape index (κ2) is 14.4. The van der Waals surface area contributed by atoms with Gasteiger partial charge in [-0.1, -0.05) is 31.5 Å². The van der Waals surface area contributed by atoms with Gasteiger partial charge in [0.25, 0.3) is 5.91 Å². The monoisotopic (exact) mass is 444 g/mol. The molecule has 0 aliphatic carbocycles. The molecular formula is C24H32N2O4S. The third-order valence-corrected chi connectivity index (χ3v) is 5.17. The first-order chi connectivity index (χ1) is 15.1. The highest BCUT2D eigenvalue weighted by molar-refractivity contribution is 7.98. The first kappa shape index (κ1) is 24.6. The molecule has 0 spiro atoms. The molecule has 168 valence electrons. The highest BCUT2D eigenvalue weighted by atomic mass is 32.2. The third kappa shape index (κ3) is 9.34. The Labute approximate surface area is 189 Å². The van der Waals surface area contributed by atoms with Gasteiger partial charge in [-0.25, -0.2) is 0 Å². The lowest BCUT2D eigenvalue weighted by Crippen LogP contribution is -2.47. The van der Waals surface area contributed by atoms with Crippen LogP contribution in [0.3, 0.4) is 0 Å². The fraction of sp³-hybridized carbons (Fsp3) is 0.417. The summed E-state index contributed by atoms with van der Waals surface area (Å²) in [5.74, 6) is 1.85. The summed E-state index contributed by atoms with van der Waals surface area (Å²) in [4.78, 5) is 25.0. The van der Waals surface area contributed by atoms with Crippen LogP contribution >= 0.6 is 11.8 Å². The van der Waals surface area contributed by atoms with Gasteiger partial charge in [0, 0.05) is 5.56 Å². The van der Waals surface area contributed by atoms with Gasteiger partial charge in [0.2, 0.25) is 5.91 Å². The molecule has 7 heteroatoms. The van der Waals surface area contributed by atoms with E-state index < -0.39 is 6.04 Å². The van der Waals surface area contributed by atoms with E-state index in [0.29, 0.717) is 37.5 Å². The second-order valence-corrected chi connectivity index (χ2v) is 7.97. The van der Waals surface area contributed by atoms with Gasteiger partial charge in [-0.3, -0.25) is 9.59 Å². The van der Waals surface area contributed by atoms with Crippen molar-refractivity contribution in [1.82, 2.24) is 10.6 Å². The molecule has 1 atom stereocenters. The molecule has 2 aromatic carbocycles. The van der Waals surface area contributed by atoms with Crippen molar-refractivity contribution in [2.75, 3.05) is 31.8 Å². The SMILES string of the molecule is CCCCOc1ccc(OCCNC(=O)C(CCSC)NC(=O)c2ccccc2)cc1. The average molecular weight is 445 g/mol. The number of unbranched alkanes of at least 4 members (excludes halogenated alkanes) is 1. The summed E-state index contributed by atoms with van der Waals surface area (Å²) in [6, 6.07) is 15.8. The van der Waals surface area contributed by atoms with Crippen molar-refractivity contribution in [3.8, 4) is 11.5 Å². The number of rotatable bonds is 14. The van der Waals surface area contributed by atoms with Crippen molar-refractivity contribution >= 4 is 23.6 Å². The van der Waals surface area contributed by atoms with Crippen LogP contribution in [0.1, 0.15) is 36.5 Å². The molecule has 2 N–H and O–H groups in total. The molecule has 2 aromatic rings. The Bertz CT molecular complexity index is 784. The zero-order valence-corrected chi connectivity index (χ0v) is 19.1. The Kier molecular flexibility index (Phi) is 11.4. The van der Waals surface area contributed by atoms with E-state index in [2.05, 4.69) is 17.6 Å². The fourth-order valence-corrected chi connectivity index (χ4v) is 3.24. The molecule has 0 saturated carbocycles. The molecule has 2 amide bonds. The van der Waals surface area contributed by atoms with Gasteiger partial charge in [0.1, 0.15) is 24.1 Å². The van der Waals surface area contributed by atoms with E-state index in [-0.39, 0.29) is 11.8 Å². The zero-order valence-electron chi connectivity index (χ0n) is 18.3. The quantitative estimate of drug-likeness (QED) is 0.432. The highest BCUT2D eigenvalue weighted by Crippen LogP contribution is 2.17. The summed E-state index contributed by atoms with van der Waals surface area (Å²) in [5, 5.41) is 5.69. The van der Waals surface area contributed by atoms with E-state index >= 15 is 0 Å². The number of carbonyl (C=O) groups is 2. The van der Waals surface area contributed by atoms with E-state index in [1.165, 1.54) is 0 Å². The van der Waals surface area contributed by atoms with Crippen LogP contribution < -0.4 is 20.1 Å². The first-order valence-electron chi connectivity index (χ1n) is 10.6. The molecule has 0 saturated heterocycles. The molecule has 0 radical (unpaired) electrons. The third-order valence-electron chi connectivity index (χ3n) is 4.53. The van der Waals surface area contributed by atoms with Crippen LogP contribution in [0.25, 0.3) is 0 Å². The molecule has 1 unspecified atom stereocenters. The molecule has 0 aromatic heterocycles. The van der Waals surface area contributed by atoms with Crippen molar-refractivity contribution in [2.24, 2.45) is 0 Å².